The molecule has 0 saturated carbocycles. The Labute approximate surface area is 122 Å². The summed E-state index contributed by atoms with van der Waals surface area (Å²) in [5.74, 6) is 0. The van der Waals surface area contributed by atoms with Crippen molar-refractivity contribution in [2.75, 3.05) is 26.2 Å². The maximum atomic E-state index is 5.92. The number of hydrogen-bond acceptors (Lipinski definition) is 4. The van der Waals surface area contributed by atoms with Gasteiger partial charge in [-0.05, 0) is 46.9 Å². The molecule has 3 heterocycles. The average molecular weight is 326 g/mol. The molecule has 2 saturated heterocycles. The average Bonchev–Trinajstić information content (AvgIpc) is 2.86. The van der Waals surface area contributed by atoms with Crippen LogP contribution in [-0.2, 0) is 11.3 Å². The Morgan fingerprint density at radius 3 is 3.32 bits per heavy atom. The highest BCUT2D eigenvalue weighted by Gasteiger charge is 2.31. The lowest BCUT2D eigenvalue weighted by atomic mass is 10.2. The zero-order valence-electron chi connectivity index (χ0n) is 11.0. The van der Waals surface area contributed by atoms with Crippen molar-refractivity contribution < 1.29 is 4.74 Å². The van der Waals surface area contributed by atoms with Crippen molar-refractivity contribution in [1.29, 1.82) is 0 Å². The minimum absolute atomic E-state index is 0.328. The smallest absolute Gasteiger partial charge is 0.0827 e. The van der Waals surface area contributed by atoms with Gasteiger partial charge in [-0.15, -0.1) is 0 Å². The predicted molar refractivity (Wildman–Crippen MR) is 78.0 cm³/mol. The summed E-state index contributed by atoms with van der Waals surface area (Å²) in [6, 6.07) is 2.78. The first kappa shape index (κ1) is 13.5. The highest BCUT2D eigenvalue weighted by atomic mass is 79.9. The highest BCUT2D eigenvalue weighted by molar-refractivity contribution is 9.10. The van der Waals surface area contributed by atoms with Gasteiger partial charge in [-0.3, -0.25) is 9.88 Å². The van der Waals surface area contributed by atoms with E-state index in [-0.39, 0.29) is 0 Å². The summed E-state index contributed by atoms with van der Waals surface area (Å²) >= 11 is 3.44. The van der Waals surface area contributed by atoms with Crippen molar-refractivity contribution in [3.63, 3.8) is 0 Å². The largest absolute Gasteiger partial charge is 0.374 e. The number of fused-ring (bicyclic) bond motifs is 1. The van der Waals surface area contributed by atoms with E-state index in [4.69, 9.17) is 4.74 Å². The van der Waals surface area contributed by atoms with Crippen LogP contribution < -0.4 is 5.32 Å². The number of hydrogen-bond donors (Lipinski definition) is 1. The molecule has 0 bridgehead atoms. The van der Waals surface area contributed by atoms with Gasteiger partial charge >= 0.3 is 0 Å². The molecule has 1 N–H and O–H groups in total. The van der Waals surface area contributed by atoms with E-state index in [1.54, 1.807) is 6.20 Å². The van der Waals surface area contributed by atoms with Crippen LogP contribution in [0.15, 0.2) is 22.9 Å². The number of rotatable bonds is 4. The van der Waals surface area contributed by atoms with Crippen LogP contribution in [-0.4, -0.2) is 48.3 Å². The van der Waals surface area contributed by atoms with Crippen LogP contribution in [0.1, 0.15) is 18.4 Å². The van der Waals surface area contributed by atoms with Crippen molar-refractivity contribution in [1.82, 2.24) is 15.2 Å². The van der Waals surface area contributed by atoms with Crippen molar-refractivity contribution in [3.8, 4) is 0 Å². The molecule has 0 aromatic carbocycles. The Kier molecular flexibility index (Phi) is 4.48. The molecule has 1 aromatic heterocycles. The molecule has 0 radical (unpaired) electrons. The third-order valence-electron chi connectivity index (χ3n) is 3.92. The lowest BCUT2D eigenvalue weighted by Crippen LogP contribution is -2.49. The van der Waals surface area contributed by atoms with Crippen LogP contribution in [0, 0.1) is 0 Å². The molecular formula is C14H20BrN3O. The van der Waals surface area contributed by atoms with Gasteiger partial charge in [0.2, 0.25) is 0 Å². The molecule has 104 valence electrons. The fourth-order valence-electron chi connectivity index (χ4n) is 2.94. The van der Waals surface area contributed by atoms with E-state index in [1.165, 1.54) is 24.9 Å². The maximum absolute atomic E-state index is 5.92. The Balaban J connectivity index is 1.43. The third kappa shape index (κ3) is 3.54. The van der Waals surface area contributed by atoms with E-state index in [9.17, 15) is 0 Å². The third-order valence-corrected chi connectivity index (χ3v) is 4.36. The number of nitrogens with one attached hydrogen (secondary N) is 1. The zero-order valence-corrected chi connectivity index (χ0v) is 12.6. The summed E-state index contributed by atoms with van der Waals surface area (Å²) in [5, 5.41) is 3.47. The van der Waals surface area contributed by atoms with Gasteiger partial charge in [0.15, 0.2) is 0 Å². The van der Waals surface area contributed by atoms with Gasteiger partial charge in [-0.25, -0.2) is 0 Å². The Morgan fingerprint density at radius 1 is 1.47 bits per heavy atom. The second-order valence-electron chi connectivity index (χ2n) is 5.39. The standard InChI is InChI=1S/C14H20BrN3O/c15-12-4-11(5-16-7-12)6-17-8-14-9-18-3-1-2-13(18)10-19-14/h4-5,7,13-14,17H,1-3,6,8-10H2. The molecule has 5 heteroatoms. The SMILES string of the molecule is Brc1cncc(CNCC2CN3CCCC3CO2)c1. The fraction of sp³-hybridized carbons (Fsp3) is 0.643. The van der Waals surface area contributed by atoms with Crippen molar-refractivity contribution in [3.05, 3.63) is 28.5 Å². The Bertz CT molecular complexity index is 429. The summed E-state index contributed by atoms with van der Waals surface area (Å²) < 4.78 is 6.95. The van der Waals surface area contributed by atoms with Crippen LogP contribution in [0.5, 0.6) is 0 Å². The first-order valence-electron chi connectivity index (χ1n) is 6.97. The van der Waals surface area contributed by atoms with Crippen LogP contribution in [0.2, 0.25) is 0 Å². The lowest BCUT2D eigenvalue weighted by molar-refractivity contribution is -0.0470. The molecule has 19 heavy (non-hydrogen) atoms. The molecule has 4 nitrogen and oxygen atoms in total. The molecule has 2 fully saturated rings. The van der Waals surface area contributed by atoms with Gasteiger partial charge < -0.3 is 10.1 Å². The number of pyridine rings is 1. The minimum atomic E-state index is 0.328. The van der Waals surface area contributed by atoms with Crippen molar-refractivity contribution >= 4 is 15.9 Å². The van der Waals surface area contributed by atoms with Crippen LogP contribution in [0.25, 0.3) is 0 Å². The van der Waals surface area contributed by atoms with Gasteiger partial charge in [-0.1, -0.05) is 0 Å². The van der Waals surface area contributed by atoms with Gasteiger partial charge in [0, 0.05) is 42.5 Å². The molecule has 2 atom stereocenters. The molecule has 2 unspecified atom stereocenters. The van der Waals surface area contributed by atoms with Crippen molar-refractivity contribution in [2.24, 2.45) is 0 Å². The van der Waals surface area contributed by atoms with E-state index in [1.807, 2.05) is 6.20 Å². The van der Waals surface area contributed by atoms with E-state index < -0.39 is 0 Å². The lowest BCUT2D eigenvalue weighted by Gasteiger charge is -2.35. The van der Waals surface area contributed by atoms with Crippen LogP contribution in [0.4, 0.5) is 0 Å². The van der Waals surface area contributed by atoms with E-state index in [0.29, 0.717) is 12.1 Å². The number of nitrogens with zero attached hydrogens (tertiary/aromatic N) is 2. The first-order valence-corrected chi connectivity index (χ1v) is 7.76. The monoisotopic (exact) mass is 325 g/mol. The van der Waals surface area contributed by atoms with E-state index in [2.05, 4.69) is 37.2 Å². The number of aromatic nitrogens is 1. The van der Waals surface area contributed by atoms with E-state index >= 15 is 0 Å². The topological polar surface area (TPSA) is 37.4 Å². The summed E-state index contributed by atoms with van der Waals surface area (Å²) in [5.41, 5.74) is 1.20. The normalized spacial score (nSPS) is 27.4. The second-order valence-corrected chi connectivity index (χ2v) is 6.30. The van der Waals surface area contributed by atoms with E-state index in [0.717, 1.165) is 30.7 Å². The summed E-state index contributed by atoms with van der Waals surface area (Å²) in [6.07, 6.45) is 6.67. The van der Waals surface area contributed by atoms with Gasteiger partial charge in [0.05, 0.1) is 12.7 Å². The number of morpholine rings is 1. The molecule has 3 rings (SSSR count). The number of halogens is 1. The minimum Gasteiger partial charge on any atom is -0.374 e. The van der Waals surface area contributed by atoms with Gasteiger partial charge in [-0.2, -0.15) is 0 Å². The Morgan fingerprint density at radius 2 is 2.42 bits per heavy atom. The van der Waals surface area contributed by atoms with Gasteiger partial charge in [0.1, 0.15) is 0 Å². The molecule has 0 aliphatic carbocycles. The summed E-state index contributed by atoms with van der Waals surface area (Å²) in [6.45, 7) is 4.99. The predicted octanol–water partition coefficient (Wildman–Crippen LogP) is 1.80. The Hall–Kier alpha value is -0.490. The van der Waals surface area contributed by atoms with Crippen LogP contribution in [0.3, 0.4) is 0 Å². The van der Waals surface area contributed by atoms with Crippen molar-refractivity contribution in [2.45, 2.75) is 31.5 Å². The number of ether oxygens (including phenoxy) is 1. The highest BCUT2D eigenvalue weighted by Crippen LogP contribution is 2.22. The molecule has 2 aliphatic heterocycles. The quantitative estimate of drug-likeness (QED) is 0.916. The molecule has 2 aliphatic rings. The summed E-state index contributed by atoms with van der Waals surface area (Å²) in [7, 11) is 0. The fourth-order valence-corrected chi connectivity index (χ4v) is 3.35. The summed E-state index contributed by atoms with van der Waals surface area (Å²) in [4.78, 5) is 6.75. The molecule has 0 spiro atoms. The van der Waals surface area contributed by atoms with Crippen LogP contribution >= 0.6 is 15.9 Å². The molecular weight excluding hydrogens is 306 g/mol. The molecule has 0 amide bonds. The maximum Gasteiger partial charge on any atom is 0.0827 e. The second kappa shape index (κ2) is 6.31. The first-order chi connectivity index (χ1) is 9.31. The zero-order chi connectivity index (χ0) is 13.1. The van der Waals surface area contributed by atoms with Gasteiger partial charge in [0.25, 0.3) is 0 Å². The molecule has 1 aromatic rings.